The Hall–Kier alpha value is -5.44. The van der Waals surface area contributed by atoms with Gasteiger partial charge in [0, 0.05) is 47.9 Å². The van der Waals surface area contributed by atoms with Crippen molar-refractivity contribution in [2.75, 3.05) is 4.90 Å². The summed E-state index contributed by atoms with van der Waals surface area (Å²) in [5, 5.41) is 2.64. The summed E-state index contributed by atoms with van der Waals surface area (Å²) in [6.07, 6.45) is 0. The Labute approximate surface area is 298 Å². The Morgan fingerprint density at radius 3 is 1.82 bits per heavy atom. The van der Waals surface area contributed by atoms with Crippen molar-refractivity contribution >= 4 is 48.6 Å². The van der Waals surface area contributed by atoms with E-state index in [0.29, 0.717) is 0 Å². The third kappa shape index (κ3) is 4.06. The maximum atomic E-state index is 2.54. The van der Waals surface area contributed by atoms with Gasteiger partial charge in [0.2, 0.25) is 0 Å². The molecule has 0 saturated heterocycles. The molecule has 1 aromatic heterocycles. The SMILES string of the molecule is CC1(C)c2ccccc2-c2ccc(N(c3ccc(-c4ccccc4)cc3)c3cc4c(c5sc6ccccc6c35)-c3ccccc3C4(C)C)cc21. The van der Waals surface area contributed by atoms with Crippen LogP contribution < -0.4 is 4.90 Å². The van der Waals surface area contributed by atoms with Crippen LogP contribution in [0.3, 0.4) is 0 Å². The predicted octanol–water partition coefficient (Wildman–Crippen LogP) is 13.8. The Bertz CT molecular complexity index is 2640. The van der Waals surface area contributed by atoms with Gasteiger partial charge in [0.15, 0.2) is 0 Å². The molecule has 8 aromatic rings. The van der Waals surface area contributed by atoms with Crippen LogP contribution in [-0.4, -0.2) is 0 Å². The largest absolute Gasteiger partial charge is 0.310 e. The summed E-state index contributed by atoms with van der Waals surface area (Å²) in [5.41, 5.74) is 16.8. The molecule has 2 aliphatic rings. The second kappa shape index (κ2) is 10.5. The van der Waals surface area contributed by atoms with Crippen LogP contribution in [0, 0.1) is 0 Å². The first-order valence-electron chi connectivity index (χ1n) is 17.6. The standard InChI is InChI=1S/C48H37NS/c1-47(2)38-19-11-8-16-34(38)35-27-26-33(28-40(35)47)49(32-24-22-31(23-25-32)30-14-6-5-7-15-30)42-29-41-44(36-17-9-12-20-39(36)48(41,3)4)46-45(42)37-18-10-13-21-43(37)50-46/h5-29H,1-4H3. The first-order chi connectivity index (χ1) is 24.3. The lowest BCUT2D eigenvalue weighted by molar-refractivity contribution is 0.660. The van der Waals surface area contributed by atoms with E-state index >= 15 is 0 Å². The van der Waals surface area contributed by atoms with Crippen molar-refractivity contribution < 1.29 is 0 Å². The number of nitrogens with zero attached hydrogens (tertiary/aromatic N) is 1. The van der Waals surface area contributed by atoms with Crippen molar-refractivity contribution in [3.8, 4) is 33.4 Å². The molecule has 0 aliphatic heterocycles. The van der Waals surface area contributed by atoms with Gasteiger partial charge in [0.1, 0.15) is 0 Å². The van der Waals surface area contributed by atoms with E-state index in [-0.39, 0.29) is 10.8 Å². The first-order valence-corrected chi connectivity index (χ1v) is 18.4. The lowest BCUT2D eigenvalue weighted by atomic mass is 9.81. The summed E-state index contributed by atoms with van der Waals surface area (Å²) < 4.78 is 2.70. The summed E-state index contributed by atoms with van der Waals surface area (Å²) in [6.45, 7) is 9.55. The average Bonchev–Trinajstić information content (AvgIpc) is 3.73. The van der Waals surface area contributed by atoms with Gasteiger partial charge in [-0.1, -0.05) is 143 Å². The van der Waals surface area contributed by atoms with Crippen molar-refractivity contribution in [2.24, 2.45) is 0 Å². The quantitative estimate of drug-likeness (QED) is 0.182. The van der Waals surface area contributed by atoms with Crippen molar-refractivity contribution in [1.29, 1.82) is 0 Å². The average molecular weight is 660 g/mol. The zero-order valence-electron chi connectivity index (χ0n) is 28.8. The number of rotatable bonds is 4. The summed E-state index contributed by atoms with van der Waals surface area (Å²) in [7, 11) is 0. The van der Waals surface area contributed by atoms with E-state index in [0.717, 1.165) is 5.69 Å². The second-order valence-electron chi connectivity index (χ2n) is 14.9. The second-order valence-corrected chi connectivity index (χ2v) is 16.0. The maximum Gasteiger partial charge on any atom is 0.0558 e. The fourth-order valence-corrected chi connectivity index (χ4v) is 10.2. The fourth-order valence-electron chi connectivity index (χ4n) is 8.90. The van der Waals surface area contributed by atoms with Crippen molar-refractivity contribution in [3.05, 3.63) is 174 Å². The molecule has 0 atom stereocenters. The monoisotopic (exact) mass is 659 g/mol. The molecule has 7 aromatic carbocycles. The minimum absolute atomic E-state index is 0.100. The molecular formula is C48H37NS. The van der Waals surface area contributed by atoms with Crippen LogP contribution in [0.25, 0.3) is 53.6 Å². The molecule has 0 bridgehead atoms. The van der Waals surface area contributed by atoms with Gasteiger partial charge in [-0.05, 0) is 86.5 Å². The summed E-state index contributed by atoms with van der Waals surface area (Å²) >= 11 is 1.94. The zero-order valence-corrected chi connectivity index (χ0v) is 29.6. The molecule has 2 heteroatoms. The van der Waals surface area contributed by atoms with Crippen molar-refractivity contribution in [3.63, 3.8) is 0 Å². The van der Waals surface area contributed by atoms with Gasteiger partial charge >= 0.3 is 0 Å². The number of thiophene rings is 1. The number of benzene rings is 7. The number of hydrogen-bond acceptors (Lipinski definition) is 2. The highest BCUT2D eigenvalue weighted by Crippen LogP contribution is 2.58. The van der Waals surface area contributed by atoms with E-state index in [9.17, 15) is 0 Å². The fraction of sp³-hybridized carbons (Fsp3) is 0.125. The first kappa shape index (κ1) is 29.5. The van der Waals surface area contributed by atoms with Crippen LogP contribution in [0.4, 0.5) is 17.1 Å². The smallest absolute Gasteiger partial charge is 0.0558 e. The summed E-state index contributed by atoms with van der Waals surface area (Å²) in [4.78, 5) is 2.54. The highest BCUT2D eigenvalue weighted by molar-refractivity contribution is 7.26. The molecule has 1 nitrogen and oxygen atoms in total. The van der Waals surface area contributed by atoms with E-state index in [4.69, 9.17) is 0 Å². The third-order valence-corrected chi connectivity index (χ3v) is 12.7. The van der Waals surface area contributed by atoms with Gasteiger partial charge in [-0.2, -0.15) is 0 Å². The minimum Gasteiger partial charge on any atom is -0.310 e. The summed E-state index contributed by atoms with van der Waals surface area (Å²) in [5.74, 6) is 0. The van der Waals surface area contributed by atoms with Crippen LogP contribution in [0.15, 0.2) is 152 Å². The lowest BCUT2D eigenvalue weighted by Crippen LogP contribution is -2.18. The van der Waals surface area contributed by atoms with E-state index in [2.05, 4.69) is 184 Å². The molecule has 0 unspecified atom stereocenters. The third-order valence-electron chi connectivity index (χ3n) is 11.5. The van der Waals surface area contributed by atoms with Gasteiger partial charge in [0.25, 0.3) is 0 Å². The predicted molar refractivity (Wildman–Crippen MR) is 215 cm³/mol. The van der Waals surface area contributed by atoms with Crippen LogP contribution in [-0.2, 0) is 10.8 Å². The number of fused-ring (bicyclic) bond motifs is 10. The minimum atomic E-state index is -0.130. The lowest BCUT2D eigenvalue weighted by Gasteiger charge is -2.30. The van der Waals surface area contributed by atoms with E-state index in [1.807, 2.05) is 11.3 Å². The molecular weight excluding hydrogens is 623 g/mol. The highest BCUT2D eigenvalue weighted by Gasteiger charge is 2.39. The highest BCUT2D eigenvalue weighted by atomic mass is 32.1. The van der Waals surface area contributed by atoms with Gasteiger partial charge in [-0.15, -0.1) is 11.3 Å². The van der Waals surface area contributed by atoms with E-state index < -0.39 is 0 Å². The molecule has 10 rings (SSSR count). The maximum absolute atomic E-state index is 2.54. The van der Waals surface area contributed by atoms with Gasteiger partial charge in [-0.3, -0.25) is 0 Å². The van der Waals surface area contributed by atoms with Gasteiger partial charge < -0.3 is 4.90 Å². The molecule has 50 heavy (non-hydrogen) atoms. The van der Waals surface area contributed by atoms with Gasteiger partial charge in [0.05, 0.1) is 5.69 Å². The van der Waals surface area contributed by atoms with Crippen molar-refractivity contribution in [2.45, 2.75) is 38.5 Å². The van der Waals surface area contributed by atoms with E-state index in [1.54, 1.807) is 0 Å². The Morgan fingerprint density at radius 1 is 0.460 bits per heavy atom. The molecule has 0 radical (unpaired) electrons. The molecule has 0 fully saturated rings. The molecule has 1 heterocycles. The van der Waals surface area contributed by atoms with Gasteiger partial charge in [-0.25, -0.2) is 0 Å². The Morgan fingerprint density at radius 2 is 1.04 bits per heavy atom. The van der Waals surface area contributed by atoms with E-state index in [1.165, 1.54) is 87.2 Å². The van der Waals surface area contributed by atoms with Crippen LogP contribution >= 0.6 is 11.3 Å². The Balaban J connectivity index is 1.28. The molecule has 0 spiro atoms. The Kier molecular flexibility index (Phi) is 6.21. The topological polar surface area (TPSA) is 3.24 Å². The number of hydrogen-bond donors (Lipinski definition) is 0. The van der Waals surface area contributed by atoms with Crippen LogP contribution in [0.5, 0.6) is 0 Å². The van der Waals surface area contributed by atoms with Crippen LogP contribution in [0.2, 0.25) is 0 Å². The molecule has 0 saturated carbocycles. The molecule has 240 valence electrons. The molecule has 0 N–H and O–H groups in total. The molecule has 2 aliphatic carbocycles. The molecule has 0 amide bonds. The van der Waals surface area contributed by atoms with Crippen molar-refractivity contribution in [1.82, 2.24) is 0 Å². The zero-order chi connectivity index (χ0) is 33.8. The number of anilines is 3. The summed E-state index contributed by atoms with van der Waals surface area (Å²) in [6, 6.07) is 56.5. The van der Waals surface area contributed by atoms with Crippen LogP contribution in [0.1, 0.15) is 49.9 Å². The normalized spacial score (nSPS) is 14.7.